The smallest absolute Gasteiger partial charge is 0.345 e. The van der Waals surface area contributed by atoms with Crippen molar-refractivity contribution in [1.82, 2.24) is 9.97 Å². The monoisotopic (exact) mass is 398 g/mol. The van der Waals surface area contributed by atoms with E-state index in [1.807, 2.05) is 0 Å². The lowest BCUT2D eigenvalue weighted by molar-refractivity contribution is -0.385. The highest BCUT2D eigenvalue weighted by Crippen LogP contribution is 2.24. The average molecular weight is 399 g/mol. The number of nitro groups is 1. The van der Waals surface area contributed by atoms with Gasteiger partial charge in [0, 0.05) is 11.1 Å². The number of aromatic amines is 1. The first-order valence-electron chi connectivity index (χ1n) is 7.79. The Morgan fingerprint density at radius 1 is 1.36 bits per heavy atom. The number of carbonyl (C=O) groups is 1. The molecular formula is C18H11ClN4O5. The van der Waals surface area contributed by atoms with Crippen LogP contribution in [-0.4, -0.2) is 32.6 Å². The standard InChI is InChI=1S/C18H11ClN4O5/c19-10-5-6-11(15(7-10)23(26)27)18(25)28-9-16(24)12(8-20)17-21-13-3-1-2-4-14(13)22-17/h1-7,24H,9H2,(H,21,22). The number of aliphatic hydroxyl groups is 1. The molecule has 9 nitrogen and oxygen atoms in total. The Bertz CT molecular complexity index is 1130. The summed E-state index contributed by atoms with van der Waals surface area (Å²) in [6, 6.07) is 12.3. The largest absolute Gasteiger partial charge is 0.507 e. The molecule has 0 saturated carbocycles. The number of benzene rings is 2. The van der Waals surface area contributed by atoms with E-state index < -0.39 is 28.9 Å². The van der Waals surface area contributed by atoms with E-state index in [0.29, 0.717) is 11.0 Å². The van der Waals surface area contributed by atoms with Crippen molar-refractivity contribution in [2.45, 2.75) is 0 Å². The van der Waals surface area contributed by atoms with Crippen molar-refractivity contribution in [3.63, 3.8) is 0 Å². The van der Waals surface area contributed by atoms with Crippen LogP contribution in [0.1, 0.15) is 16.2 Å². The molecular weight excluding hydrogens is 388 g/mol. The third-order valence-corrected chi connectivity index (χ3v) is 3.98. The SMILES string of the molecule is N#CC(=C(O)COC(=O)c1ccc(Cl)cc1[N+](=O)[O-])c1nc2ccccc2[nH]1. The van der Waals surface area contributed by atoms with E-state index in [0.717, 1.165) is 12.1 Å². The maximum absolute atomic E-state index is 12.2. The van der Waals surface area contributed by atoms with Crippen LogP contribution >= 0.6 is 11.6 Å². The third kappa shape index (κ3) is 3.77. The normalized spacial score (nSPS) is 11.6. The molecule has 1 aromatic heterocycles. The second kappa shape index (κ2) is 7.77. The fraction of sp³-hybridized carbons (Fsp3) is 0.0556. The van der Waals surface area contributed by atoms with E-state index in [1.54, 1.807) is 30.3 Å². The van der Waals surface area contributed by atoms with Gasteiger partial charge in [-0.25, -0.2) is 9.78 Å². The number of para-hydroxylation sites is 2. The molecule has 0 radical (unpaired) electrons. The Kier molecular flexibility index (Phi) is 5.24. The number of nitro benzene ring substituents is 1. The minimum Gasteiger partial charge on any atom is -0.507 e. The van der Waals surface area contributed by atoms with Gasteiger partial charge >= 0.3 is 5.97 Å². The number of aliphatic hydroxyl groups excluding tert-OH is 1. The van der Waals surface area contributed by atoms with Crippen LogP contribution in [0.5, 0.6) is 0 Å². The Balaban J connectivity index is 1.83. The zero-order valence-electron chi connectivity index (χ0n) is 14.0. The Hall–Kier alpha value is -3.90. The summed E-state index contributed by atoms with van der Waals surface area (Å²) < 4.78 is 4.91. The molecule has 3 aromatic rings. The number of imidazole rings is 1. The van der Waals surface area contributed by atoms with Crippen molar-refractivity contribution in [3.8, 4) is 6.07 Å². The van der Waals surface area contributed by atoms with E-state index in [2.05, 4.69) is 9.97 Å². The highest BCUT2D eigenvalue weighted by Gasteiger charge is 2.23. The van der Waals surface area contributed by atoms with E-state index >= 15 is 0 Å². The van der Waals surface area contributed by atoms with Crippen LogP contribution in [-0.2, 0) is 4.74 Å². The van der Waals surface area contributed by atoms with E-state index in [-0.39, 0.29) is 22.0 Å². The first kappa shape index (κ1) is 18.9. The first-order valence-corrected chi connectivity index (χ1v) is 8.17. The molecule has 0 spiro atoms. The summed E-state index contributed by atoms with van der Waals surface area (Å²) in [4.78, 5) is 29.5. The molecule has 0 fully saturated rings. The van der Waals surface area contributed by atoms with Gasteiger partial charge in [-0.05, 0) is 24.3 Å². The molecule has 0 saturated heterocycles. The Labute approximate surface area is 162 Å². The van der Waals surface area contributed by atoms with Crippen LogP contribution in [0.15, 0.2) is 48.2 Å². The van der Waals surface area contributed by atoms with Crippen molar-refractivity contribution in [1.29, 1.82) is 5.26 Å². The molecule has 0 unspecified atom stereocenters. The van der Waals surface area contributed by atoms with E-state index in [1.165, 1.54) is 6.07 Å². The molecule has 140 valence electrons. The lowest BCUT2D eigenvalue weighted by atomic mass is 10.2. The molecule has 1 heterocycles. The van der Waals surface area contributed by atoms with Crippen LogP contribution in [0.25, 0.3) is 16.6 Å². The fourth-order valence-corrected chi connectivity index (χ4v) is 2.60. The lowest BCUT2D eigenvalue weighted by Gasteiger charge is -2.06. The number of ether oxygens (including phenoxy) is 1. The molecule has 0 aliphatic carbocycles. The number of rotatable bonds is 5. The second-order valence-electron chi connectivity index (χ2n) is 5.53. The zero-order chi connectivity index (χ0) is 20.3. The quantitative estimate of drug-likeness (QED) is 0.219. The number of fused-ring (bicyclic) bond motifs is 1. The van der Waals surface area contributed by atoms with Gasteiger partial charge in [-0.1, -0.05) is 23.7 Å². The molecule has 10 heteroatoms. The number of carbonyl (C=O) groups excluding carboxylic acids is 1. The van der Waals surface area contributed by atoms with Crippen molar-refractivity contribution < 1.29 is 19.6 Å². The molecule has 2 aromatic carbocycles. The number of nitrogens with zero attached hydrogens (tertiary/aromatic N) is 3. The number of nitrogens with one attached hydrogen (secondary N) is 1. The summed E-state index contributed by atoms with van der Waals surface area (Å²) in [5.74, 6) is -1.49. The van der Waals surface area contributed by atoms with E-state index in [4.69, 9.17) is 16.3 Å². The zero-order valence-corrected chi connectivity index (χ0v) is 14.8. The maximum atomic E-state index is 12.2. The fourth-order valence-electron chi connectivity index (χ4n) is 2.44. The Morgan fingerprint density at radius 2 is 2.11 bits per heavy atom. The number of esters is 1. The highest BCUT2D eigenvalue weighted by molar-refractivity contribution is 6.31. The van der Waals surface area contributed by atoms with Gasteiger partial charge < -0.3 is 14.8 Å². The summed E-state index contributed by atoms with van der Waals surface area (Å²) in [5.41, 5.74) is 0.177. The summed E-state index contributed by atoms with van der Waals surface area (Å²) >= 11 is 5.70. The first-order chi connectivity index (χ1) is 13.4. The van der Waals surface area contributed by atoms with Gasteiger partial charge in [-0.15, -0.1) is 0 Å². The lowest BCUT2D eigenvalue weighted by Crippen LogP contribution is -2.11. The maximum Gasteiger partial charge on any atom is 0.345 e. The topological polar surface area (TPSA) is 142 Å². The summed E-state index contributed by atoms with van der Waals surface area (Å²) in [5, 5.41) is 30.7. The van der Waals surface area contributed by atoms with Gasteiger partial charge in [0.25, 0.3) is 5.69 Å². The van der Waals surface area contributed by atoms with Gasteiger partial charge in [-0.3, -0.25) is 10.1 Å². The number of nitriles is 1. The number of allylic oxidation sites excluding steroid dienone is 1. The van der Waals surface area contributed by atoms with Gasteiger partial charge in [-0.2, -0.15) is 5.26 Å². The molecule has 0 aliphatic heterocycles. The molecule has 3 rings (SSSR count). The number of hydrogen-bond donors (Lipinski definition) is 2. The highest BCUT2D eigenvalue weighted by atomic mass is 35.5. The van der Waals surface area contributed by atoms with Gasteiger partial charge in [0.15, 0.2) is 11.6 Å². The van der Waals surface area contributed by atoms with Crippen molar-refractivity contribution >= 4 is 39.9 Å². The molecule has 0 atom stereocenters. The van der Waals surface area contributed by atoms with Gasteiger partial charge in [0.1, 0.15) is 23.8 Å². The van der Waals surface area contributed by atoms with Crippen LogP contribution < -0.4 is 0 Å². The Morgan fingerprint density at radius 3 is 2.79 bits per heavy atom. The average Bonchev–Trinajstić information content (AvgIpc) is 3.10. The molecule has 28 heavy (non-hydrogen) atoms. The summed E-state index contributed by atoms with van der Waals surface area (Å²) in [7, 11) is 0. The number of H-pyrrole nitrogens is 1. The van der Waals surface area contributed by atoms with Crippen LogP contribution in [0.4, 0.5) is 5.69 Å². The van der Waals surface area contributed by atoms with Gasteiger partial charge in [0.05, 0.1) is 16.0 Å². The third-order valence-electron chi connectivity index (χ3n) is 3.74. The molecule has 2 N–H and O–H groups in total. The predicted molar refractivity (Wildman–Crippen MR) is 99.6 cm³/mol. The molecule has 0 bridgehead atoms. The van der Waals surface area contributed by atoms with Crippen LogP contribution in [0.3, 0.4) is 0 Å². The number of aromatic nitrogens is 2. The number of halogens is 1. The summed E-state index contributed by atoms with van der Waals surface area (Å²) in [6.45, 7) is -0.668. The summed E-state index contributed by atoms with van der Waals surface area (Å²) in [6.07, 6.45) is 0. The molecule has 0 aliphatic rings. The van der Waals surface area contributed by atoms with Crippen molar-refractivity contribution in [3.05, 3.63) is 74.7 Å². The number of hydrogen-bond acceptors (Lipinski definition) is 7. The predicted octanol–water partition coefficient (Wildman–Crippen LogP) is 3.77. The van der Waals surface area contributed by atoms with Crippen molar-refractivity contribution in [2.75, 3.05) is 6.61 Å². The van der Waals surface area contributed by atoms with Crippen LogP contribution in [0, 0.1) is 21.4 Å². The van der Waals surface area contributed by atoms with E-state index in [9.17, 15) is 25.3 Å². The molecule has 0 amide bonds. The van der Waals surface area contributed by atoms with Crippen LogP contribution in [0.2, 0.25) is 5.02 Å². The van der Waals surface area contributed by atoms with Crippen molar-refractivity contribution in [2.24, 2.45) is 0 Å². The minimum absolute atomic E-state index is 0.0858. The minimum atomic E-state index is -1.04. The second-order valence-corrected chi connectivity index (χ2v) is 5.97. The van der Waals surface area contributed by atoms with Gasteiger partial charge in [0.2, 0.25) is 0 Å².